The Labute approximate surface area is 122 Å². The molecule has 1 atom stereocenters. The molecular formula is C14H25N3O2S. The summed E-state index contributed by atoms with van der Waals surface area (Å²) in [7, 11) is -1.51. The van der Waals surface area contributed by atoms with Gasteiger partial charge in [-0.1, -0.05) is 26.0 Å². The van der Waals surface area contributed by atoms with Crippen LogP contribution in [0.4, 0.5) is 0 Å². The molecule has 6 heteroatoms. The lowest BCUT2D eigenvalue weighted by Crippen LogP contribution is -2.33. The Morgan fingerprint density at radius 3 is 2.65 bits per heavy atom. The fourth-order valence-electron chi connectivity index (χ4n) is 1.76. The van der Waals surface area contributed by atoms with Gasteiger partial charge in [0, 0.05) is 19.1 Å². The summed E-state index contributed by atoms with van der Waals surface area (Å²) in [4.78, 5) is 2.32. The average Bonchev–Trinajstić information content (AvgIpc) is 2.46. The number of hydrogen-bond donors (Lipinski definition) is 2. The first kappa shape index (κ1) is 17.1. The molecule has 1 unspecified atom stereocenters. The molecule has 0 radical (unpaired) electrons. The topological polar surface area (TPSA) is 75.4 Å². The van der Waals surface area contributed by atoms with Crippen LogP contribution in [0.2, 0.25) is 0 Å². The summed E-state index contributed by atoms with van der Waals surface area (Å²) in [5.41, 5.74) is 6.79. The first-order valence-electron chi connectivity index (χ1n) is 6.94. The van der Waals surface area contributed by atoms with Crippen molar-refractivity contribution in [3.63, 3.8) is 0 Å². The Morgan fingerprint density at radius 2 is 2.05 bits per heavy atom. The van der Waals surface area contributed by atoms with Crippen LogP contribution in [0.3, 0.4) is 0 Å². The molecule has 0 aliphatic rings. The highest BCUT2D eigenvalue weighted by atomic mass is 32.2. The summed E-state index contributed by atoms with van der Waals surface area (Å²) in [5.74, 6) is 0. The van der Waals surface area contributed by atoms with Crippen LogP contribution in [0.5, 0.6) is 0 Å². The van der Waals surface area contributed by atoms with Crippen LogP contribution in [0.1, 0.15) is 31.9 Å². The van der Waals surface area contributed by atoms with Crippen LogP contribution < -0.4 is 10.5 Å². The second kappa shape index (κ2) is 7.73. The van der Waals surface area contributed by atoms with Crippen molar-refractivity contribution in [2.45, 2.75) is 31.2 Å². The van der Waals surface area contributed by atoms with Crippen LogP contribution in [-0.2, 0) is 10.0 Å². The highest BCUT2D eigenvalue weighted by Gasteiger charge is 2.15. The second-order valence-corrected chi connectivity index (χ2v) is 6.65. The largest absolute Gasteiger partial charge is 0.324 e. The number of likely N-dealkylation sites (N-methyl/N-ethyl adjacent to an activating group) is 1. The third-order valence-corrected chi connectivity index (χ3v) is 4.82. The Balaban J connectivity index is 2.77. The summed E-state index contributed by atoms with van der Waals surface area (Å²) in [6, 6.07) is 6.71. The molecule has 0 bridgehead atoms. The van der Waals surface area contributed by atoms with Gasteiger partial charge in [0.25, 0.3) is 0 Å². The molecule has 1 rings (SSSR count). The number of nitrogens with zero attached hydrogens (tertiary/aromatic N) is 1. The maximum atomic E-state index is 12.2. The smallest absolute Gasteiger partial charge is 0.240 e. The molecule has 0 fully saturated rings. The van der Waals surface area contributed by atoms with Crippen molar-refractivity contribution in [1.82, 2.24) is 9.62 Å². The van der Waals surface area contributed by atoms with E-state index in [9.17, 15) is 8.42 Å². The van der Waals surface area contributed by atoms with E-state index >= 15 is 0 Å². The predicted octanol–water partition coefficient (Wildman–Crippen LogP) is 1.33. The van der Waals surface area contributed by atoms with Crippen LogP contribution in [0.25, 0.3) is 0 Å². The molecule has 1 aromatic rings. The minimum atomic E-state index is -3.46. The first-order valence-corrected chi connectivity index (χ1v) is 8.42. The summed E-state index contributed by atoms with van der Waals surface area (Å²) in [6.07, 6.45) is 0.776. The van der Waals surface area contributed by atoms with Crippen molar-refractivity contribution in [2.75, 3.05) is 26.7 Å². The Hall–Kier alpha value is -0.950. The molecule has 0 aliphatic carbocycles. The predicted molar refractivity (Wildman–Crippen MR) is 82.0 cm³/mol. The third kappa shape index (κ3) is 4.86. The van der Waals surface area contributed by atoms with Crippen LogP contribution in [-0.4, -0.2) is 40.0 Å². The van der Waals surface area contributed by atoms with Crippen molar-refractivity contribution >= 4 is 10.0 Å². The van der Waals surface area contributed by atoms with Gasteiger partial charge in [0.05, 0.1) is 4.90 Å². The van der Waals surface area contributed by atoms with E-state index in [2.05, 4.69) is 4.72 Å². The van der Waals surface area contributed by atoms with Crippen molar-refractivity contribution < 1.29 is 8.42 Å². The van der Waals surface area contributed by atoms with Crippen LogP contribution in [0.15, 0.2) is 29.2 Å². The molecule has 1 aromatic carbocycles. The van der Waals surface area contributed by atoms with Crippen molar-refractivity contribution in [1.29, 1.82) is 0 Å². The summed E-state index contributed by atoms with van der Waals surface area (Å²) in [6.45, 7) is 5.98. The zero-order chi connectivity index (χ0) is 15.2. The third-order valence-electron chi connectivity index (χ3n) is 3.36. The van der Waals surface area contributed by atoms with Crippen LogP contribution in [0, 0.1) is 0 Å². The molecule has 0 heterocycles. The lowest BCUT2D eigenvalue weighted by Gasteiger charge is -2.15. The van der Waals surface area contributed by atoms with Gasteiger partial charge in [0.2, 0.25) is 10.0 Å². The van der Waals surface area contributed by atoms with Gasteiger partial charge in [-0.05, 0) is 37.7 Å². The summed E-state index contributed by atoms with van der Waals surface area (Å²) < 4.78 is 27.0. The van der Waals surface area contributed by atoms with E-state index in [0.717, 1.165) is 18.5 Å². The molecule has 0 saturated carbocycles. The van der Waals surface area contributed by atoms with Gasteiger partial charge in [0.15, 0.2) is 0 Å². The highest BCUT2D eigenvalue weighted by Crippen LogP contribution is 2.18. The summed E-state index contributed by atoms with van der Waals surface area (Å²) >= 11 is 0. The lowest BCUT2D eigenvalue weighted by atomic mass is 10.1. The molecule has 0 aromatic heterocycles. The number of hydrogen-bond acceptors (Lipinski definition) is 4. The number of sulfonamides is 1. The van der Waals surface area contributed by atoms with E-state index in [1.54, 1.807) is 18.2 Å². The fraction of sp³-hybridized carbons (Fsp3) is 0.571. The first-order chi connectivity index (χ1) is 9.40. The number of nitrogens with two attached hydrogens (primary N) is 1. The normalized spacial score (nSPS) is 13.7. The highest BCUT2D eigenvalue weighted by molar-refractivity contribution is 7.89. The van der Waals surface area contributed by atoms with E-state index < -0.39 is 10.0 Å². The Morgan fingerprint density at radius 1 is 1.35 bits per heavy atom. The molecule has 3 N–H and O–H groups in total. The lowest BCUT2D eigenvalue weighted by molar-refractivity contribution is 0.358. The summed E-state index contributed by atoms with van der Waals surface area (Å²) in [5, 5.41) is 0. The zero-order valence-corrected chi connectivity index (χ0v) is 13.3. The molecular weight excluding hydrogens is 274 g/mol. The van der Waals surface area contributed by atoms with Gasteiger partial charge >= 0.3 is 0 Å². The van der Waals surface area contributed by atoms with Gasteiger partial charge in [-0.2, -0.15) is 0 Å². The zero-order valence-electron chi connectivity index (χ0n) is 12.5. The Kier molecular flexibility index (Phi) is 6.61. The SMILES string of the molecule is CCC(N)c1cccc(S(=O)(=O)NCCN(C)CC)c1. The number of rotatable bonds is 8. The minimum Gasteiger partial charge on any atom is -0.324 e. The van der Waals surface area contributed by atoms with Crippen LogP contribution >= 0.6 is 0 Å². The van der Waals surface area contributed by atoms with Crippen molar-refractivity contribution in [3.8, 4) is 0 Å². The van der Waals surface area contributed by atoms with Gasteiger partial charge in [-0.15, -0.1) is 0 Å². The van der Waals surface area contributed by atoms with E-state index in [-0.39, 0.29) is 10.9 Å². The number of benzene rings is 1. The molecule has 0 aliphatic heterocycles. The van der Waals surface area contributed by atoms with Gasteiger partial charge in [0.1, 0.15) is 0 Å². The van der Waals surface area contributed by atoms with Crippen molar-refractivity contribution in [2.24, 2.45) is 5.73 Å². The molecule has 20 heavy (non-hydrogen) atoms. The molecule has 0 spiro atoms. The fourth-order valence-corrected chi connectivity index (χ4v) is 2.84. The average molecular weight is 299 g/mol. The maximum Gasteiger partial charge on any atom is 0.240 e. The Bertz CT molecular complexity index is 517. The van der Waals surface area contributed by atoms with E-state index in [1.807, 2.05) is 31.9 Å². The van der Waals surface area contributed by atoms with E-state index in [1.165, 1.54) is 0 Å². The van der Waals surface area contributed by atoms with Gasteiger partial charge < -0.3 is 10.6 Å². The standard InChI is InChI=1S/C14H25N3O2S/c1-4-14(15)12-7-6-8-13(11-12)20(18,19)16-9-10-17(3)5-2/h6-8,11,14,16H,4-5,9-10,15H2,1-3H3. The van der Waals surface area contributed by atoms with E-state index in [0.29, 0.717) is 13.1 Å². The minimum absolute atomic E-state index is 0.128. The molecule has 0 amide bonds. The van der Waals surface area contributed by atoms with Gasteiger partial charge in [-0.3, -0.25) is 0 Å². The van der Waals surface area contributed by atoms with Gasteiger partial charge in [-0.25, -0.2) is 13.1 Å². The monoisotopic (exact) mass is 299 g/mol. The number of nitrogens with one attached hydrogen (secondary N) is 1. The quantitative estimate of drug-likeness (QED) is 0.759. The molecule has 5 nitrogen and oxygen atoms in total. The van der Waals surface area contributed by atoms with E-state index in [4.69, 9.17) is 5.73 Å². The maximum absolute atomic E-state index is 12.2. The molecule has 0 saturated heterocycles. The molecule has 114 valence electrons. The van der Waals surface area contributed by atoms with Crippen molar-refractivity contribution in [3.05, 3.63) is 29.8 Å². The second-order valence-electron chi connectivity index (χ2n) is 4.88.